The Labute approximate surface area is 113 Å². The fraction of sp³-hybridized carbons (Fsp3) is 0.462. The van der Waals surface area contributed by atoms with E-state index >= 15 is 0 Å². The third-order valence-electron chi connectivity index (χ3n) is 3.02. The molecule has 0 amide bonds. The number of anilines is 2. The number of nitrogens with zero attached hydrogens (tertiary/aromatic N) is 4. The van der Waals surface area contributed by atoms with Gasteiger partial charge in [0.1, 0.15) is 23.8 Å². The molecule has 0 aromatic carbocycles. The van der Waals surface area contributed by atoms with Gasteiger partial charge >= 0.3 is 0 Å². The van der Waals surface area contributed by atoms with E-state index in [1.54, 1.807) is 12.5 Å². The van der Waals surface area contributed by atoms with Crippen molar-refractivity contribution in [3.8, 4) is 0 Å². The third kappa shape index (κ3) is 3.01. The van der Waals surface area contributed by atoms with Gasteiger partial charge in [0.15, 0.2) is 0 Å². The van der Waals surface area contributed by atoms with Crippen molar-refractivity contribution in [1.29, 1.82) is 0 Å². The monoisotopic (exact) mass is 260 g/mol. The largest absolute Gasteiger partial charge is 0.373 e. The molecule has 2 heterocycles. The van der Waals surface area contributed by atoms with Gasteiger partial charge in [-0.15, -0.1) is 0 Å². The number of imidazole rings is 1. The summed E-state index contributed by atoms with van der Waals surface area (Å²) in [5.74, 6) is 2.75. The van der Waals surface area contributed by atoms with Gasteiger partial charge in [-0.3, -0.25) is 0 Å². The summed E-state index contributed by atoms with van der Waals surface area (Å²) in [5.41, 5.74) is 1.13. The summed E-state index contributed by atoms with van der Waals surface area (Å²) < 4.78 is 1.99. The summed E-state index contributed by atoms with van der Waals surface area (Å²) in [6, 6.07) is 0. The Bertz CT molecular complexity index is 534. The van der Waals surface area contributed by atoms with E-state index in [4.69, 9.17) is 0 Å². The van der Waals surface area contributed by atoms with Crippen LogP contribution in [0.5, 0.6) is 0 Å². The molecular formula is C13H20N6. The van der Waals surface area contributed by atoms with Crippen molar-refractivity contribution in [2.24, 2.45) is 7.05 Å². The highest BCUT2D eigenvalue weighted by Gasteiger charge is 2.10. The summed E-state index contributed by atoms with van der Waals surface area (Å²) in [5, 5.41) is 6.45. The van der Waals surface area contributed by atoms with E-state index in [1.807, 2.05) is 24.9 Å². The van der Waals surface area contributed by atoms with Crippen molar-refractivity contribution < 1.29 is 0 Å². The second kappa shape index (κ2) is 6.17. The maximum Gasteiger partial charge on any atom is 0.135 e. The number of hydrogen-bond donors (Lipinski definition) is 2. The predicted molar refractivity (Wildman–Crippen MR) is 76.1 cm³/mol. The average molecular weight is 260 g/mol. The Balaban J connectivity index is 2.17. The van der Waals surface area contributed by atoms with Crippen LogP contribution in [-0.4, -0.2) is 26.6 Å². The van der Waals surface area contributed by atoms with Crippen molar-refractivity contribution >= 4 is 11.6 Å². The summed E-state index contributed by atoms with van der Waals surface area (Å²) in [6.07, 6.45) is 7.30. The van der Waals surface area contributed by atoms with E-state index in [0.29, 0.717) is 6.54 Å². The third-order valence-corrected chi connectivity index (χ3v) is 3.02. The first-order valence-corrected chi connectivity index (χ1v) is 6.48. The minimum atomic E-state index is 0.653. The fourth-order valence-corrected chi connectivity index (χ4v) is 2.00. The first-order chi connectivity index (χ1) is 9.26. The van der Waals surface area contributed by atoms with Gasteiger partial charge in [0.25, 0.3) is 0 Å². The SMILES string of the molecule is CCCc1c(NC)ncnc1NCc1nccn1C. The quantitative estimate of drug-likeness (QED) is 0.829. The Kier molecular flexibility index (Phi) is 4.33. The van der Waals surface area contributed by atoms with Crippen LogP contribution in [-0.2, 0) is 20.0 Å². The zero-order chi connectivity index (χ0) is 13.7. The Hall–Kier alpha value is -2.11. The summed E-state index contributed by atoms with van der Waals surface area (Å²) >= 11 is 0. The first kappa shape index (κ1) is 13.3. The van der Waals surface area contributed by atoms with Crippen molar-refractivity contribution in [3.05, 3.63) is 30.1 Å². The molecule has 0 saturated carbocycles. The molecule has 6 nitrogen and oxygen atoms in total. The summed E-state index contributed by atoms with van der Waals surface area (Å²) in [4.78, 5) is 12.9. The number of nitrogens with one attached hydrogen (secondary N) is 2. The van der Waals surface area contributed by atoms with E-state index in [1.165, 1.54) is 0 Å². The van der Waals surface area contributed by atoms with E-state index in [9.17, 15) is 0 Å². The number of aromatic nitrogens is 4. The molecule has 0 atom stereocenters. The topological polar surface area (TPSA) is 67.7 Å². The van der Waals surface area contributed by atoms with Crippen molar-refractivity contribution in [2.75, 3.05) is 17.7 Å². The normalized spacial score (nSPS) is 10.5. The van der Waals surface area contributed by atoms with Crippen LogP contribution in [0.2, 0.25) is 0 Å². The molecule has 6 heteroatoms. The van der Waals surface area contributed by atoms with Gasteiger partial charge in [-0.2, -0.15) is 0 Å². The Morgan fingerprint density at radius 1 is 1.21 bits per heavy atom. The van der Waals surface area contributed by atoms with Crippen LogP contribution in [0.1, 0.15) is 24.7 Å². The maximum absolute atomic E-state index is 4.34. The summed E-state index contributed by atoms with van der Waals surface area (Å²) in [7, 11) is 3.86. The van der Waals surface area contributed by atoms with Crippen LogP contribution in [0, 0.1) is 0 Å². The minimum absolute atomic E-state index is 0.653. The lowest BCUT2D eigenvalue weighted by atomic mass is 10.1. The molecule has 2 rings (SSSR count). The number of aryl methyl sites for hydroxylation is 1. The highest BCUT2D eigenvalue weighted by atomic mass is 15.1. The van der Waals surface area contributed by atoms with Crippen LogP contribution in [0.15, 0.2) is 18.7 Å². The molecule has 0 radical (unpaired) electrons. The van der Waals surface area contributed by atoms with Gasteiger partial charge in [0.05, 0.1) is 6.54 Å². The van der Waals surface area contributed by atoms with Crippen molar-refractivity contribution in [3.63, 3.8) is 0 Å². The number of rotatable bonds is 6. The molecule has 0 unspecified atom stereocenters. The van der Waals surface area contributed by atoms with E-state index in [0.717, 1.165) is 35.9 Å². The van der Waals surface area contributed by atoms with Crippen LogP contribution in [0.25, 0.3) is 0 Å². The molecular weight excluding hydrogens is 240 g/mol. The smallest absolute Gasteiger partial charge is 0.135 e. The second-order valence-electron chi connectivity index (χ2n) is 4.36. The lowest BCUT2D eigenvalue weighted by Crippen LogP contribution is -2.11. The molecule has 0 aliphatic rings. The minimum Gasteiger partial charge on any atom is -0.373 e. The molecule has 0 saturated heterocycles. The summed E-state index contributed by atoms with van der Waals surface area (Å²) in [6.45, 7) is 2.80. The lowest BCUT2D eigenvalue weighted by molar-refractivity contribution is 0.807. The lowest BCUT2D eigenvalue weighted by Gasteiger charge is -2.13. The maximum atomic E-state index is 4.34. The average Bonchev–Trinajstić information content (AvgIpc) is 2.83. The molecule has 19 heavy (non-hydrogen) atoms. The van der Waals surface area contributed by atoms with Crippen LogP contribution in [0.3, 0.4) is 0 Å². The van der Waals surface area contributed by atoms with E-state index in [-0.39, 0.29) is 0 Å². The number of hydrogen-bond acceptors (Lipinski definition) is 5. The first-order valence-electron chi connectivity index (χ1n) is 6.48. The Morgan fingerprint density at radius 2 is 2.00 bits per heavy atom. The van der Waals surface area contributed by atoms with E-state index < -0.39 is 0 Å². The van der Waals surface area contributed by atoms with Crippen molar-refractivity contribution in [2.45, 2.75) is 26.3 Å². The second-order valence-corrected chi connectivity index (χ2v) is 4.36. The molecule has 0 fully saturated rings. The molecule has 0 bridgehead atoms. The molecule has 2 aromatic heterocycles. The van der Waals surface area contributed by atoms with Gasteiger partial charge in [-0.25, -0.2) is 15.0 Å². The van der Waals surface area contributed by atoms with Crippen LogP contribution in [0.4, 0.5) is 11.6 Å². The van der Waals surface area contributed by atoms with Gasteiger partial charge in [-0.05, 0) is 6.42 Å². The highest BCUT2D eigenvalue weighted by Crippen LogP contribution is 2.21. The van der Waals surface area contributed by atoms with Crippen LogP contribution >= 0.6 is 0 Å². The van der Waals surface area contributed by atoms with Gasteiger partial charge < -0.3 is 15.2 Å². The molecule has 102 valence electrons. The van der Waals surface area contributed by atoms with Crippen LogP contribution < -0.4 is 10.6 Å². The Morgan fingerprint density at radius 3 is 2.63 bits per heavy atom. The zero-order valence-corrected chi connectivity index (χ0v) is 11.6. The predicted octanol–water partition coefficient (Wildman–Crippen LogP) is 1.82. The van der Waals surface area contributed by atoms with Gasteiger partial charge in [0, 0.05) is 32.1 Å². The molecule has 0 spiro atoms. The van der Waals surface area contributed by atoms with Gasteiger partial charge in [0.2, 0.25) is 0 Å². The molecule has 0 aliphatic heterocycles. The standard InChI is InChI=1S/C13H20N6/c1-4-5-10-12(14-2)17-9-18-13(10)16-8-11-15-6-7-19(11)3/h6-7,9H,4-5,8H2,1-3H3,(H2,14,16,17,18). The highest BCUT2D eigenvalue weighted by molar-refractivity contribution is 5.57. The molecule has 2 aromatic rings. The fourth-order valence-electron chi connectivity index (χ4n) is 2.00. The van der Waals surface area contributed by atoms with Gasteiger partial charge in [-0.1, -0.05) is 13.3 Å². The molecule has 0 aliphatic carbocycles. The van der Waals surface area contributed by atoms with Crippen molar-refractivity contribution in [1.82, 2.24) is 19.5 Å². The van der Waals surface area contributed by atoms with E-state index in [2.05, 4.69) is 32.5 Å². The zero-order valence-electron chi connectivity index (χ0n) is 11.6. The molecule has 2 N–H and O–H groups in total.